The largest absolute Gasteiger partial charge is 0.425 e. The number of alkyl halides is 2. The molecule has 2 aromatic heterocycles. The molecule has 0 aliphatic heterocycles. The van der Waals surface area contributed by atoms with Gasteiger partial charge in [-0.05, 0) is 68.9 Å². The Morgan fingerprint density at radius 3 is 2.24 bits per heavy atom. The zero-order chi connectivity index (χ0) is 29.8. The second-order valence-electron chi connectivity index (χ2n) is 9.57. The van der Waals surface area contributed by atoms with Gasteiger partial charge in [0.1, 0.15) is 17.1 Å². The molecular weight excluding hydrogens is 610 g/mol. The summed E-state index contributed by atoms with van der Waals surface area (Å²) in [6.45, 7) is 3.97. The normalized spacial score (nSPS) is 11.3. The fourth-order valence-electron chi connectivity index (χ4n) is 4.27. The van der Waals surface area contributed by atoms with Gasteiger partial charge in [0.05, 0.1) is 23.1 Å². The fraction of sp³-hybridized carbons (Fsp3) is 0.241. The summed E-state index contributed by atoms with van der Waals surface area (Å²) in [4.78, 5) is 31.6. The van der Waals surface area contributed by atoms with E-state index in [4.69, 9.17) is 55.7 Å². The molecule has 0 fully saturated rings. The van der Waals surface area contributed by atoms with Gasteiger partial charge in [0.25, 0.3) is 5.91 Å². The number of hydrogen-bond donors (Lipinski definition) is 0. The average Bonchev–Trinajstić information content (AvgIpc) is 3.38. The van der Waals surface area contributed by atoms with Crippen molar-refractivity contribution in [1.82, 2.24) is 15.0 Å². The van der Waals surface area contributed by atoms with Gasteiger partial charge in [-0.2, -0.15) is 0 Å². The van der Waals surface area contributed by atoms with Crippen LogP contribution in [-0.4, -0.2) is 52.4 Å². The highest BCUT2D eigenvalue weighted by Crippen LogP contribution is 2.36. The van der Waals surface area contributed by atoms with Crippen LogP contribution in [0.15, 0.2) is 59.3 Å². The number of halogens is 4. The number of carbonyl (C=O) groups is 2. The molecule has 12 heteroatoms. The number of anilines is 1. The molecule has 4 aromatic rings. The predicted molar refractivity (Wildman–Crippen MR) is 162 cm³/mol. The van der Waals surface area contributed by atoms with E-state index in [2.05, 4.69) is 10.1 Å². The highest BCUT2D eigenvalue weighted by molar-refractivity contribution is 6.54. The van der Waals surface area contributed by atoms with Crippen LogP contribution in [0.3, 0.4) is 0 Å². The number of likely N-dealkylation sites (N-methyl/N-ethyl adjacent to an activating group) is 1. The van der Waals surface area contributed by atoms with Gasteiger partial charge in [-0.25, -0.2) is 0 Å². The summed E-state index contributed by atoms with van der Waals surface area (Å²) in [6, 6.07) is 13.8. The van der Waals surface area contributed by atoms with Crippen LogP contribution in [0.4, 0.5) is 5.69 Å². The van der Waals surface area contributed by atoms with Crippen molar-refractivity contribution < 1.29 is 18.8 Å². The maximum absolute atomic E-state index is 13.1. The molecule has 41 heavy (non-hydrogen) atoms. The van der Waals surface area contributed by atoms with Crippen molar-refractivity contribution in [3.63, 3.8) is 0 Å². The minimum Gasteiger partial charge on any atom is -0.425 e. The molecule has 0 spiro atoms. The van der Waals surface area contributed by atoms with Crippen LogP contribution in [0.5, 0.6) is 5.75 Å². The Hall–Kier alpha value is -3.14. The second-order valence-corrected chi connectivity index (χ2v) is 11.5. The fourth-order valence-corrected chi connectivity index (χ4v) is 5.10. The molecule has 0 atom stereocenters. The van der Waals surface area contributed by atoms with Gasteiger partial charge in [0.15, 0.2) is 10.6 Å². The van der Waals surface area contributed by atoms with Crippen LogP contribution in [0.25, 0.3) is 22.7 Å². The average molecular weight is 636 g/mol. The molecule has 0 N–H and O–H groups in total. The third kappa shape index (κ3) is 7.39. The van der Waals surface area contributed by atoms with E-state index >= 15 is 0 Å². The molecule has 0 aliphatic carbocycles. The van der Waals surface area contributed by atoms with Crippen molar-refractivity contribution in [1.29, 1.82) is 0 Å². The van der Waals surface area contributed by atoms with Crippen molar-refractivity contribution in [3.8, 4) is 28.5 Å². The van der Waals surface area contributed by atoms with Gasteiger partial charge < -0.3 is 14.2 Å². The van der Waals surface area contributed by atoms with Gasteiger partial charge in [0, 0.05) is 23.5 Å². The highest BCUT2D eigenvalue weighted by atomic mass is 35.5. The van der Waals surface area contributed by atoms with Crippen LogP contribution in [0.1, 0.15) is 16.7 Å². The maximum Gasteiger partial charge on any atom is 0.325 e. The van der Waals surface area contributed by atoms with Crippen LogP contribution in [0.2, 0.25) is 10.0 Å². The molecule has 1 amide bonds. The quantitative estimate of drug-likeness (QED) is 0.110. The maximum atomic E-state index is 13.1. The van der Waals surface area contributed by atoms with Crippen molar-refractivity contribution in [2.75, 3.05) is 25.5 Å². The lowest BCUT2D eigenvalue weighted by Gasteiger charge is -2.24. The minimum atomic E-state index is -1.31. The lowest BCUT2D eigenvalue weighted by Crippen LogP contribution is -2.34. The van der Waals surface area contributed by atoms with E-state index in [1.165, 1.54) is 11.1 Å². The summed E-state index contributed by atoms with van der Waals surface area (Å²) in [5.41, 5.74) is 4.15. The first-order chi connectivity index (χ1) is 19.4. The molecule has 2 aromatic carbocycles. The summed E-state index contributed by atoms with van der Waals surface area (Å²) in [5, 5.41) is 4.96. The molecule has 8 nitrogen and oxygen atoms in total. The zero-order valence-electron chi connectivity index (χ0n) is 22.6. The van der Waals surface area contributed by atoms with E-state index in [1.807, 2.05) is 26.0 Å². The van der Waals surface area contributed by atoms with E-state index in [1.54, 1.807) is 55.4 Å². The number of pyridine rings is 1. The number of rotatable bonds is 9. The summed E-state index contributed by atoms with van der Waals surface area (Å²) in [6.07, 6.45) is 1.54. The number of esters is 1. The van der Waals surface area contributed by atoms with E-state index in [9.17, 15) is 9.59 Å². The minimum absolute atomic E-state index is 0.142. The summed E-state index contributed by atoms with van der Waals surface area (Å²) >= 11 is 24.7. The Morgan fingerprint density at radius 1 is 0.976 bits per heavy atom. The smallest absolute Gasteiger partial charge is 0.325 e. The van der Waals surface area contributed by atoms with Crippen LogP contribution < -0.4 is 9.64 Å². The molecule has 0 saturated heterocycles. The van der Waals surface area contributed by atoms with Gasteiger partial charge in [-0.15, -0.1) is 0 Å². The molecule has 2 heterocycles. The number of ether oxygens (including phenoxy) is 1. The summed E-state index contributed by atoms with van der Waals surface area (Å²) < 4.78 is 11.1. The standard InChI is InChI=1S/C29H26Cl4N4O4/c1-16-10-18(11-17(2)27(16)40-25(38)15-36(3)4)14-37(29(39)28(32)33)19-8-9-34-22(12-19)24-13-23(35-41-24)26-20(30)6-5-7-21(26)31/h5-13,28H,14-15H2,1-4H3. The molecule has 0 aliphatic rings. The number of benzene rings is 2. The lowest BCUT2D eigenvalue weighted by molar-refractivity contribution is -0.135. The van der Waals surface area contributed by atoms with Crippen molar-refractivity contribution in [2.45, 2.75) is 25.2 Å². The molecule has 4 rings (SSSR count). The number of carbonyl (C=O) groups excluding carboxylic acids is 2. The third-order valence-electron chi connectivity index (χ3n) is 6.01. The predicted octanol–water partition coefficient (Wildman–Crippen LogP) is 7.13. The monoisotopic (exact) mass is 634 g/mol. The lowest BCUT2D eigenvalue weighted by atomic mass is 10.0. The SMILES string of the molecule is Cc1cc(CN(C(=O)C(Cl)Cl)c2ccnc(-c3cc(-c4c(Cl)cccc4Cl)no3)c2)cc(C)c1OC(=O)CN(C)C. The summed E-state index contributed by atoms with van der Waals surface area (Å²) in [5.74, 6) is -0.0657. The highest BCUT2D eigenvalue weighted by Gasteiger charge is 2.24. The van der Waals surface area contributed by atoms with Crippen LogP contribution in [-0.2, 0) is 16.1 Å². The topological polar surface area (TPSA) is 88.8 Å². The van der Waals surface area contributed by atoms with E-state index in [0.717, 1.165) is 16.7 Å². The second kappa shape index (κ2) is 13.2. The van der Waals surface area contributed by atoms with Gasteiger partial charge in [-0.1, -0.05) is 69.8 Å². The Morgan fingerprint density at radius 2 is 1.63 bits per heavy atom. The Bertz CT molecular complexity index is 1550. The van der Waals surface area contributed by atoms with Crippen molar-refractivity contribution >= 4 is 64.0 Å². The third-order valence-corrected chi connectivity index (χ3v) is 7.01. The van der Waals surface area contributed by atoms with Gasteiger partial charge >= 0.3 is 5.97 Å². The number of amides is 1. The van der Waals surface area contributed by atoms with Crippen LogP contribution >= 0.6 is 46.4 Å². The number of nitrogens with zero attached hydrogens (tertiary/aromatic N) is 4. The molecule has 0 unspecified atom stereocenters. The number of aryl methyl sites for hydroxylation is 2. The van der Waals surface area contributed by atoms with E-state index in [0.29, 0.717) is 44.2 Å². The molecular formula is C29H26Cl4N4O4. The Balaban J connectivity index is 1.65. The Labute approximate surface area is 257 Å². The van der Waals surface area contributed by atoms with E-state index < -0.39 is 10.7 Å². The van der Waals surface area contributed by atoms with Crippen molar-refractivity contribution in [3.05, 3.63) is 81.5 Å². The first-order valence-corrected chi connectivity index (χ1v) is 14.0. The first-order valence-electron chi connectivity index (χ1n) is 12.4. The number of hydrogen-bond acceptors (Lipinski definition) is 7. The molecule has 0 bridgehead atoms. The molecule has 0 saturated carbocycles. The van der Waals surface area contributed by atoms with Crippen molar-refractivity contribution in [2.24, 2.45) is 0 Å². The first kappa shape index (κ1) is 30.8. The Kier molecular flexibility index (Phi) is 9.94. The zero-order valence-corrected chi connectivity index (χ0v) is 25.6. The van der Waals surface area contributed by atoms with E-state index in [-0.39, 0.29) is 19.1 Å². The van der Waals surface area contributed by atoms with Gasteiger partial charge in [0.2, 0.25) is 0 Å². The molecule has 214 valence electrons. The van der Waals surface area contributed by atoms with Crippen LogP contribution in [0, 0.1) is 13.8 Å². The number of aromatic nitrogens is 2. The summed E-state index contributed by atoms with van der Waals surface area (Å²) in [7, 11) is 3.58. The molecule has 0 radical (unpaired) electrons. The van der Waals surface area contributed by atoms with Gasteiger partial charge in [-0.3, -0.25) is 19.5 Å².